The van der Waals surface area contributed by atoms with Gasteiger partial charge >= 0.3 is 5.97 Å². The molecule has 0 unspecified atom stereocenters. The molecule has 0 saturated heterocycles. The minimum atomic E-state index is -0.427. The van der Waals surface area contributed by atoms with Gasteiger partial charge in [0.1, 0.15) is 0 Å². The van der Waals surface area contributed by atoms with Crippen molar-refractivity contribution in [1.82, 2.24) is 4.72 Å². The summed E-state index contributed by atoms with van der Waals surface area (Å²) >= 11 is 4.73. The minimum absolute atomic E-state index is 0.238. The monoisotopic (exact) mass is 300 g/mol. The SMILES string of the molecule is CCOC(=O)C1=Nc2ccc(Br)cc2SN1. The molecule has 2 rings (SSSR count). The Labute approximate surface area is 106 Å². The van der Waals surface area contributed by atoms with Crippen molar-refractivity contribution in [2.24, 2.45) is 4.99 Å². The number of ether oxygens (including phenoxy) is 1. The number of carbonyl (C=O) groups is 1. The lowest BCUT2D eigenvalue weighted by Gasteiger charge is -2.15. The van der Waals surface area contributed by atoms with Crippen LogP contribution < -0.4 is 4.72 Å². The number of rotatable bonds is 2. The Kier molecular flexibility index (Phi) is 3.50. The maximum atomic E-state index is 11.4. The number of nitrogens with one attached hydrogen (secondary N) is 1. The Hall–Kier alpha value is -1.01. The largest absolute Gasteiger partial charge is 0.460 e. The molecular weight excluding hydrogens is 292 g/mol. The summed E-state index contributed by atoms with van der Waals surface area (Å²) in [5, 5.41) is 0. The molecule has 6 heteroatoms. The molecule has 84 valence electrons. The number of esters is 1. The molecule has 1 aliphatic rings. The normalized spacial score (nSPS) is 13.5. The Morgan fingerprint density at radius 3 is 3.19 bits per heavy atom. The molecule has 0 radical (unpaired) electrons. The summed E-state index contributed by atoms with van der Waals surface area (Å²) in [4.78, 5) is 16.6. The lowest BCUT2D eigenvalue weighted by atomic mass is 10.3. The highest BCUT2D eigenvalue weighted by atomic mass is 79.9. The van der Waals surface area contributed by atoms with Crippen LogP contribution >= 0.6 is 27.9 Å². The van der Waals surface area contributed by atoms with E-state index in [1.54, 1.807) is 6.92 Å². The lowest BCUT2D eigenvalue weighted by molar-refractivity contribution is -0.135. The Bertz CT molecular complexity index is 462. The summed E-state index contributed by atoms with van der Waals surface area (Å²) in [6, 6.07) is 5.68. The Balaban J connectivity index is 2.28. The van der Waals surface area contributed by atoms with Crippen molar-refractivity contribution < 1.29 is 9.53 Å². The standard InChI is InChI=1S/C10H9BrN2O2S/c1-2-15-10(14)9-12-7-4-3-6(11)5-8(7)16-13-9/h3-5H,2H2,1H3,(H,12,13). The number of benzene rings is 1. The molecule has 1 N–H and O–H groups in total. The average Bonchev–Trinajstić information content (AvgIpc) is 2.28. The first-order chi connectivity index (χ1) is 7.70. The van der Waals surface area contributed by atoms with Gasteiger partial charge in [0, 0.05) is 4.47 Å². The quantitative estimate of drug-likeness (QED) is 0.674. The maximum Gasteiger partial charge on any atom is 0.374 e. The molecule has 0 atom stereocenters. The zero-order valence-electron chi connectivity index (χ0n) is 8.49. The van der Waals surface area contributed by atoms with Gasteiger partial charge in [0.25, 0.3) is 0 Å². The van der Waals surface area contributed by atoms with Gasteiger partial charge in [0.15, 0.2) is 0 Å². The third-order valence-corrected chi connectivity index (χ3v) is 3.22. The van der Waals surface area contributed by atoms with Crippen molar-refractivity contribution in [3.05, 3.63) is 22.7 Å². The zero-order valence-corrected chi connectivity index (χ0v) is 10.9. The van der Waals surface area contributed by atoms with Crippen LogP contribution in [0.3, 0.4) is 0 Å². The van der Waals surface area contributed by atoms with Gasteiger partial charge in [-0.05, 0) is 37.1 Å². The van der Waals surface area contributed by atoms with Crippen LogP contribution in [0.4, 0.5) is 5.69 Å². The number of hydrogen-bond acceptors (Lipinski definition) is 5. The van der Waals surface area contributed by atoms with E-state index < -0.39 is 5.97 Å². The first-order valence-electron chi connectivity index (χ1n) is 4.69. The van der Waals surface area contributed by atoms with Crippen LogP contribution in [0, 0.1) is 0 Å². The van der Waals surface area contributed by atoms with Crippen LogP contribution in [0.25, 0.3) is 0 Å². The Morgan fingerprint density at radius 1 is 1.62 bits per heavy atom. The van der Waals surface area contributed by atoms with E-state index in [9.17, 15) is 4.79 Å². The number of fused-ring (bicyclic) bond motifs is 1. The zero-order chi connectivity index (χ0) is 11.5. The first kappa shape index (κ1) is 11.5. The predicted octanol–water partition coefficient (Wildman–Crippen LogP) is 2.65. The van der Waals surface area contributed by atoms with Gasteiger partial charge in [-0.3, -0.25) is 0 Å². The highest BCUT2D eigenvalue weighted by Crippen LogP contribution is 2.33. The molecule has 1 heterocycles. The van der Waals surface area contributed by atoms with Crippen molar-refractivity contribution >= 4 is 45.4 Å². The van der Waals surface area contributed by atoms with E-state index in [-0.39, 0.29) is 5.84 Å². The number of carbonyl (C=O) groups excluding carboxylic acids is 1. The minimum Gasteiger partial charge on any atom is -0.460 e. The molecule has 0 bridgehead atoms. The summed E-state index contributed by atoms with van der Waals surface area (Å²) in [6.45, 7) is 2.11. The van der Waals surface area contributed by atoms with Crippen molar-refractivity contribution in [1.29, 1.82) is 0 Å². The first-order valence-corrected chi connectivity index (χ1v) is 6.30. The predicted molar refractivity (Wildman–Crippen MR) is 66.9 cm³/mol. The number of aliphatic imine (C=N–C) groups is 1. The smallest absolute Gasteiger partial charge is 0.374 e. The van der Waals surface area contributed by atoms with Crippen LogP contribution in [-0.4, -0.2) is 18.4 Å². The van der Waals surface area contributed by atoms with Gasteiger partial charge in [-0.15, -0.1) is 0 Å². The van der Waals surface area contributed by atoms with E-state index in [0.717, 1.165) is 15.1 Å². The third kappa shape index (κ3) is 2.38. The molecule has 1 aromatic carbocycles. The molecule has 16 heavy (non-hydrogen) atoms. The second-order valence-electron chi connectivity index (χ2n) is 3.00. The van der Waals surface area contributed by atoms with Crippen LogP contribution in [0.1, 0.15) is 6.92 Å². The van der Waals surface area contributed by atoms with Crippen molar-refractivity contribution in [3.63, 3.8) is 0 Å². The van der Waals surface area contributed by atoms with E-state index in [1.165, 1.54) is 11.9 Å². The summed E-state index contributed by atoms with van der Waals surface area (Å²) in [5.74, 6) is -0.190. The van der Waals surface area contributed by atoms with E-state index in [1.807, 2.05) is 18.2 Å². The number of hydrogen-bond donors (Lipinski definition) is 1. The second-order valence-corrected chi connectivity index (χ2v) is 4.76. The summed E-state index contributed by atoms with van der Waals surface area (Å²) in [6.07, 6.45) is 0. The maximum absolute atomic E-state index is 11.4. The molecule has 0 spiro atoms. The van der Waals surface area contributed by atoms with Crippen LogP contribution in [0.5, 0.6) is 0 Å². The summed E-state index contributed by atoms with van der Waals surface area (Å²) in [7, 11) is 0. The number of halogens is 1. The highest BCUT2D eigenvalue weighted by molar-refractivity contribution is 9.10. The fourth-order valence-electron chi connectivity index (χ4n) is 1.20. The van der Waals surface area contributed by atoms with Crippen LogP contribution in [0.15, 0.2) is 32.6 Å². The number of amidine groups is 1. The molecular formula is C10H9BrN2O2S. The summed E-state index contributed by atoms with van der Waals surface area (Å²) < 4.78 is 8.71. The number of nitrogens with zero attached hydrogens (tertiary/aromatic N) is 1. The molecule has 1 aromatic rings. The van der Waals surface area contributed by atoms with Crippen LogP contribution in [0.2, 0.25) is 0 Å². The second kappa shape index (κ2) is 4.88. The van der Waals surface area contributed by atoms with E-state index >= 15 is 0 Å². The molecule has 0 fully saturated rings. The summed E-state index contributed by atoms with van der Waals surface area (Å²) in [5.41, 5.74) is 0.773. The van der Waals surface area contributed by atoms with E-state index in [4.69, 9.17) is 4.74 Å². The van der Waals surface area contributed by atoms with Crippen LogP contribution in [-0.2, 0) is 9.53 Å². The molecule has 0 saturated carbocycles. The molecule has 0 aliphatic carbocycles. The van der Waals surface area contributed by atoms with Gasteiger partial charge in [0.2, 0.25) is 5.84 Å². The topological polar surface area (TPSA) is 50.7 Å². The molecule has 0 amide bonds. The highest BCUT2D eigenvalue weighted by Gasteiger charge is 2.19. The fourth-order valence-corrected chi connectivity index (χ4v) is 2.45. The van der Waals surface area contributed by atoms with Gasteiger partial charge < -0.3 is 9.46 Å². The van der Waals surface area contributed by atoms with Gasteiger partial charge in [-0.1, -0.05) is 15.9 Å². The van der Waals surface area contributed by atoms with Crippen molar-refractivity contribution in [3.8, 4) is 0 Å². The fraction of sp³-hybridized carbons (Fsp3) is 0.200. The van der Waals surface area contributed by atoms with E-state index in [2.05, 4.69) is 25.6 Å². The van der Waals surface area contributed by atoms with Gasteiger partial charge in [0.05, 0.1) is 17.2 Å². The molecule has 1 aliphatic heterocycles. The van der Waals surface area contributed by atoms with Crippen molar-refractivity contribution in [2.75, 3.05) is 6.61 Å². The van der Waals surface area contributed by atoms with Gasteiger partial charge in [-0.2, -0.15) is 0 Å². The van der Waals surface area contributed by atoms with Gasteiger partial charge in [-0.25, -0.2) is 9.79 Å². The van der Waals surface area contributed by atoms with E-state index in [0.29, 0.717) is 6.61 Å². The lowest BCUT2D eigenvalue weighted by Crippen LogP contribution is -2.29. The third-order valence-electron chi connectivity index (χ3n) is 1.88. The molecule has 0 aromatic heterocycles. The molecule has 4 nitrogen and oxygen atoms in total. The Morgan fingerprint density at radius 2 is 2.44 bits per heavy atom. The van der Waals surface area contributed by atoms with Crippen molar-refractivity contribution in [2.45, 2.75) is 11.8 Å². The average molecular weight is 301 g/mol.